The molecule has 0 saturated carbocycles. The van der Waals surface area contributed by atoms with Gasteiger partial charge in [0.05, 0.1) is 5.92 Å². The Balaban J connectivity index is 1.30. The fourth-order valence-electron chi connectivity index (χ4n) is 4.25. The van der Waals surface area contributed by atoms with Gasteiger partial charge in [-0.15, -0.1) is 0 Å². The van der Waals surface area contributed by atoms with E-state index in [2.05, 4.69) is 12.2 Å². The van der Waals surface area contributed by atoms with Crippen LogP contribution in [0, 0.1) is 5.92 Å². The maximum absolute atomic E-state index is 12.6. The van der Waals surface area contributed by atoms with Gasteiger partial charge in [0, 0.05) is 43.9 Å². The highest BCUT2D eigenvalue weighted by molar-refractivity contribution is 6.00. The van der Waals surface area contributed by atoms with Crippen molar-refractivity contribution < 1.29 is 14.4 Å². The van der Waals surface area contributed by atoms with Crippen LogP contribution < -0.4 is 10.2 Å². The number of benzene rings is 2. The van der Waals surface area contributed by atoms with Gasteiger partial charge < -0.3 is 15.1 Å². The molecule has 6 heteroatoms. The molecule has 1 N–H and O–H groups in total. The second-order valence-electron chi connectivity index (χ2n) is 8.34. The second kappa shape index (κ2) is 9.33. The number of nitrogens with zero attached hydrogens (tertiary/aromatic N) is 2. The van der Waals surface area contributed by atoms with E-state index in [1.54, 1.807) is 4.90 Å². The van der Waals surface area contributed by atoms with E-state index in [-0.39, 0.29) is 30.1 Å². The minimum absolute atomic E-state index is 0.0193. The van der Waals surface area contributed by atoms with Crippen molar-refractivity contribution in [2.45, 2.75) is 39.2 Å². The molecule has 31 heavy (non-hydrogen) atoms. The summed E-state index contributed by atoms with van der Waals surface area (Å²) in [4.78, 5) is 41.1. The molecule has 2 saturated heterocycles. The molecule has 2 aliphatic rings. The Morgan fingerprint density at radius 1 is 0.968 bits per heavy atom. The molecule has 0 aromatic heterocycles. The lowest BCUT2D eigenvalue weighted by atomic mass is 10.1. The largest absolute Gasteiger partial charge is 0.352 e. The average Bonchev–Trinajstić information content (AvgIpc) is 3.48. The maximum Gasteiger partial charge on any atom is 0.253 e. The fourth-order valence-corrected chi connectivity index (χ4v) is 4.25. The number of hydrogen-bond acceptors (Lipinski definition) is 3. The predicted octanol–water partition coefficient (Wildman–Crippen LogP) is 3.15. The van der Waals surface area contributed by atoms with Crippen molar-refractivity contribution in [2.75, 3.05) is 24.5 Å². The van der Waals surface area contributed by atoms with E-state index >= 15 is 0 Å². The van der Waals surface area contributed by atoms with Crippen molar-refractivity contribution in [1.29, 1.82) is 0 Å². The fraction of sp³-hybridized carbons (Fsp3) is 0.400. The first-order chi connectivity index (χ1) is 15.0. The summed E-state index contributed by atoms with van der Waals surface area (Å²) in [5.74, 6) is -0.411. The summed E-state index contributed by atoms with van der Waals surface area (Å²) >= 11 is 0. The minimum Gasteiger partial charge on any atom is -0.352 e. The molecule has 6 nitrogen and oxygen atoms in total. The van der Waals surface area contributed by atoms with Gasteiger partial charge in [-0.25, -0.2) is 0 Å². The van der Waals surface area contributed by atoms with Crippen LogP contribution in [0.3, 0.4) is 0 Å². The number of rotatable bonds is 6. The quantitative estimate of drug-likeness (QED) is 0.782. The number of carbonyl (C=O) groups is 3. The zero-order chi connectivity index (χ0) is 21.8. The van der Waals surface area contributed by atoms with E-state index in [4.69, 9.17) is 0 Å². The normalized spacial score (nSPS) is 18.5. The molecule has 0 radical (unpaired) electrons. The van der Waals surface area contributed by atoms with Gasteiger partial charge in [-0.2, -0.15) is 0 Å². The number of anilines is 1. The smallest absolute Gasteiger partial charge is 0.253 e. The highest BCUT2D eigenvalue weighted by Crippen LogP contribution is 2.25. The van der Waals surface area contributed by atoms with Crippen LogP contribution in [-0.4, -0.2) is 42.3 Å². The predicted molar refractivity (Wildman–Crippen MR) is 120 cm³/mol. The van der Waals surface area contributed by atoms with Crippen LogP contribution in [0.1, 0.15) is 47.7 Å². The second-order valence-corrected chi connectivity index (χ2v) is 8.34. The molecule has 1 atom stereocenters. The summed E-state index contributed by atoms with van der Waals surface area (Å²) in [5.41, 5.74) is 3.68. The molecular formula is C25H29N3O3. The lowest BCUT2D eigenvalue weighted by Crippen LogP contribution is -2.32. The third kappa shape index (κ3) is 4.79. The van der Waals surface area contributed by atoms with E-state index in [1.165, 1.54) is 5.56 Å². The first-order valence-electron chi connectivity index (χ1n) is 11.1. The molecule has 0 spiro atoms. The van der Waals surface area contributed by atoms with Crippen LogP contribution in [0.15, 0.2) is 48.5 Å². The molecule has 2 aromatic rings. The Morgan fingerprint density at radius 2 is 1.61 bits per heavy atom. The number of nitrogens with one attached hydrogen (secondary N) is 1. The van der Waals surface area contributed by atoms with Crippen LogP contribution in [0.5, 0.6) is 0 Å². The Morgan fingerprint density at radius 3 is 2.26 bits per heavy atom. The van der Waals surface area contributed by atoms with E-state index in [1.807, 2.05) is 53.4 Å². The number of likely N-dealkylation sites (tertiary alicyclic amines) is 1. The number of hydrogen-bond donors (Lipinski definition) is 1. The van der Waals surface area contributed by atoms with E-state index in [9.17, 15) is 14.4 Å². The van der Waals surface area contributed by atoms with Crippen LogP contribution in [0.2, 0.25) is 0 Å². The number of aryl methyl sites for hydroxylation is 1. The lowest BCUT2D eigenvalue weighted by Gasteiger charge is -2.17. The molecule has 2 aromatic carbocycles. The van der Waals surface area contributed by atoms with Crippen LogP contribution >= 0.6 is 0 Å². The summed E-state index contributed by atoms with van der Waals surface area (Å²) in [6.45, 7) is 4.54. The number of carbonyl (C=O) groups excluding carboxylic acids is 3. The summed E-state index contributed by atoms with van der Waals surface area (Å²) in [6, 6.07) is 15.3. The zero-order valence-corrected chi connectivity index (χ0v) is 18.0. The van der Waals surface area contributed by atoms with Gasteiger partial charge >= 0.3 is 0 Å². The molecule has 2 aliphatic heterocycles. The van der Waals surface area contributed by atoms with Crippen molar-refractivity contribution in [2.24, 2.45) is 5.92 Å². The van der Waals surface area contributed by atoms with E-state index in [0.717, 1.165) is 43.6 Å². The van der Waals surface area contributed by atoms with Crippen molar-refractivity contribution in [3.8, 4) is 0 Å². The molecule has 1 unspecified atom stereocenters. The Bertz CT molecular complexity index is 947. The van der Waals surface area contributed by atoms with Gasteiger partial charge in [0.2, 0.25) is 11.8 Å². The topological polar surface area (TPSA) is 69.7 Å². The molecule has 0 aliphatic carbocycles. The van der Waals surface area contributed by atoms with E-state index in [0.29, 0.717) is 18.7 Å². The first kappa shape index (κ1) is 21.1. The van der Waals surface area contributed by atoms with Crippen LogP contribution in [0.25, 0.3) is 0 Å². The Kier molecular flexibility index (Phi) is 6.35. The molecule has 2 heterocycles. The SMILES string of the molecule is CCc1ccc(N2CC(C(=O)NCc3ccc(C(=O)N4CCCC4)cc3)CC2=O)cc1. The van der Waals surface area contributed by atoms with Crippen molar-refractivity contribution in [3.05, 3.63) is 65.2 Å². The molecule has 0 bridgehead atoms. The summed E-state index contributed by atoms with van der Waals surface area (Å²) in [7, 11) is 0. The number of amides is 3. The molecule has 162 valence electrons. The van der Waals surface area contributed by atoms with Crippen LogP contribution in [-0.2, 0) is 22.6 Å². The zero-order valence-electron chi connectivity index (χ0n) is 18.0. The van der Waals surface area contributed by atoms with Gasteiger partial charge in [0.25, 0.3) is 5.91 Å². The average molecular weight is 420 g/mol. The monoisotopic (exact) mass is 419 g/mol. The van der Waals surface area contributed by atoms with Gasteiger partial charge in [-0.05, 0) is 54.7 Å². The molecule has 4 rings (SSSR count). The third-order valence-corrected chi connectivity index (χ3v) is 6.21. The summed E-state index contributed by atoms with van der Waals surface area (Å²) in [6.07, 6.45) is 3.32. The first-order valence-corrected chi connectivity index (χ1v) is 11.1. The highest BCUT2D eigenvalue weighted by atomic mass is 16.2. The lowest BCUT2D eigenvalue weighted by molar-refractivity contribution is -0.126. The molecule has 3 amide bonds. The van der Waals surface area contributed by atoms with Crippen molar-refractivity contribution in [3.63, 3.8) is 0 Å². The summed E-state index contributed by atoms with van der Waals surface area (Å²) < 4.78 is 0. The Hall–Kier alpha value is -3.15. The third-order valence-electron chi connectivity index (χ3n) is 6.21. The van der Waals surface area contributed by atoms with Gasteiger partial charge in [0.1, 0.15) is 0 Å². The van der Waals surface area contributed by atoms with Crippen molar-refractivity contribution >= 4 is 23.4 Å². The molecule has 2 fully saturated rings. The van der Waals surface area contributed by atoms with Gasteiger partial charge in [0.15, 0.2) is 0 Å². The molecular weight excluding hydrogens is 390 g/mol. The van der Waals surface area contributed by atoms with E-state index < -0.39 is 0 Å². The Labute approximate surface area is 183 Å². The maximum atomic E-state index is 12.6. The summed E-state index contributed by atoms with van der Waals surface area (Å²) in [5, 5.41) is 2.94. The van der Waals surface area contributed by atoms with Gasteiger partial charge in [-0.1, -0.05) is 31.2 Å². The highest BCUT2D eigenvalue weighted by Gasteiger charge is 2.35. The minimum atomic E-state index is -0.352. The standard InChI is InChI=1S/C25H29N3O3/c1-2-18-7-11-22(12-8-18)28-17-21(15-23(28)29)24(30)26-16-19-5-9-20(10-6-19)25(31)27-13-3-4-14-27/h5-12,21H,2-4,13-17H2,1H3,(H,26,30). The van der Waals surface area contributed by atoms with Crippen molar-refractivity contribution in [1.82, 2.24) is 10.2 Å². The van der Waals surface area contributed by atoms with Gasteiger partial charge in [-0.3, -0.25) is 14.4 Å². The van der Waals surface area contributed by atoms with Crippen LogP contribution in [0.4, 0.5) is 5.69 Å².